The molecule has 0 spiro atoms. The molecule has 3 aromatic rings. The van der Waals surface area contributed by atoms with E-state index in [9.17, 15) is 34.8 Å². The van der Waals surface area contributed by atoms with Crippen LogP contribution in [-0.2, 0) is 10.0 Å². The molecule has 12 heteroatoms. The van der Waals surface area contributed by atoms with E-state index in [2.05, 4.69) is 9.88 Å². The maximum Gasteiger partial charge on any atom is 0.456 e. The second-order valence-corrected chi connectivity index (χ2v) is 8.58. The Balaban J connectivity index is 1.96. The molecule has 32 heavy (non-hydrogen) atoms. The zero-order chi connectivity index (χ0) is 23.9. The van der Waals surface area contributed by atoms with Crippen molar-refractivity contribution in [2.75, 3.05) is 4.72 Å². The van der Waals surface area contributed by atoms with Crippen LogP contribution in [-0.4, -0.2) is 25.7 Å². The lowest BCUT2D eigenvalue weighted by Gasteiger charge is -2.23. The van der Waals surface area contributed by atoms with Crippen LogP contribution in [0.2, 0.25) is 0 Å². The van der Waals surface area contributed by atoms with Gasteiger partial charge in [0.05, 0.1) is 10.6 Å². The third-order valence-electron chi connectivity index (χ3n) is 4.77. The predicted octanol–water partition coefficient (Wildman–Crippen LogP) is 5.97. The van der Waals surface area contributed by atoms with Gasteiger partial charge in [0.15, 0.2) is 6.17 Å². The van der Waals surface area contributed by atoms with Crippen LogP contribution >= 0.6 is 0 Å². The molecule has 0 saturated heterocycles. The van der Waals surface area contributed by atoms with E-state index in [0.29, 0.717) is 11.3 Å². The van der Waals surface area contributed by atoms with E-state index in [1.807, 2.05) is 0 Å². The zero-order valence-electron chi connectivity index (χ0n) is 16.5. The number of alkyl halides is 6. The molecule has 0 bridgehead atoms. The van der Waals surface area contributed by atoms with Crippen molar-refractivity contribution in [3.05, 3.63) is 65.4 Å². The Labute approximate surface area is 179 Å². The number of halogens is 6. The first-order chi connectivity index (χ1) is 14.8. The molecule has 1 atom stereocenters. The van der Waals surface area contributed by atoms with Crippen LogP contribution in [0.15, 0.2) is 57.9 Å². The predicted molar refractivity (Wildman–Crippen MR) is 104 cm³/mol. The number of nitrogens with one attached hydrogen (secondary N) is 1. The highest BCUT2D eigenvalue weighted by molar-refractivity contribution is 7.92. The second-order valence-electron chi connectivity index (χ2n) is 6.93. The summed E-state index contributed by atoms with van der Waals surface area (Å²) < 4.78 is 111. The highest BCUT2D eigenvalue weighted by atomic mass is 32.2. The minimum Gasteiger partial charge on any atom is -0.337 e. The number of aromatic nitrogens is 1. The van der Waals surface area contributed by atoms with Crippen LogP contribution in [0.4, 0.5) is 32.2 Å². The van der Waals surface area contributed by atoms with Crippen LogP contribution in [0.5, 0.6) is 0 Å². The lowest BCUT2D eigenvalue weighted by molar-refractivity contribution is -0.305. The molecule has 0 radical (unpaired) electrons. The normalized spacial score (nSPS) is 13.8. The fourth-order valence-electron chi connectivity index (χ4n) is 2.81. The third-order valence-corrected chi connectivity index (χ3v) is 6.16. The molecule has 0 aliphatic carbocycles. The van der Waals surface area contributed by atoms with Gasteiger partial charge in [0.25, 0.3) is 10.0 Å². The highest BCUT2D eigenvalue weighted by Crippen LogP contribution is 2.46. The monoisotopic (exact) mass is 478 g/mol. The van der Waals surface area contributed by atoms with Gasteiger partial charge >= 0.3 is 12.1 Å². The zero-order valence-corrected chi connectivity index (χ0v) is 17.4. The SMILES string of the molecule is Cc1noc(NS(=O)(=O)c2ccccc2-c2ccc(C(F)C(F)(F)C(F)(F)F)cc2)c1C. The van der Waals surface area contributed by atoms with Gasteiger partial charge in [-0.2, -0.15) is 22.0 Å². The molecule has 0 amide bonds. The minimum absolute atomic E-state index is 0.0951. The van der Waals surface area contributed by atoms with Gasteiger partial charge in [-0.3, -0.25) is 0 Å². The number of sulfonamides is 1. The first kappa shape index (κ1) is 23.6. The van der Waals surface area contributed by atoms with Gasteiger partial charge in [-0.25, -0.2) is 17.5 Å². The van der Waals surface area contributed by atoms with Gasteiger partial charge in [0.2, 0.25) is 5.88 Å². The number of nitrogens with zero attached hydrogens (tertiary/aromatic N) is 1. The molecule has 0 fully saturated rings. The van der Waals surface area contributed by atoms with Gasteiger partial charge < -0.3 is 4.52 Å². The summed E-state index contributed by atoms with van der Waals surface area (Å²) in [6, 6.07) is 9.23. The van der Waals surface area contributed by atoms with Crippen LogP contribution in [0.3, 0.4) is 0 Å². The topological polar surface area (TPSA) is 72.2 Å². The molecule has 1 N–H and O–H groups in total. The maximum atomic E-state index is 13.9. The van der Waals surface area contributed by atoms with E-state index < -0.39 is 33.9 Å². The number of hydrogen-bond acceptors (Lipinski definition) is 4. The fraction of sp³-hybridized carbons (Fsp3) is 0.250. The highest BCUT2D eigenvalue weighted by Gasteiger charge is 2.63. The van der Waals surface area contributed by atoms with E-state index in [1.54, 1.807) is 13.8 Å². The van der Waals surface area contributed by atoms with E-state index >= 15 is 0 Å². The average molecular weight is 478 g/mol. The smallest absolute Gasteiger partial charge is 0.337 e. The Morgan fingerprint density at radius 3 is 2.09 bits per heavy atom. The van der Waals surface area contributed by atoms with Crippen LogP contribution in [0.1, 0.15) is 23.0 Å². The largest absolute Gasteiger partial charge is 0.456 e. The second kappa shape index (κ2) is 8.15. The standard InChI is InChI=1S/C20H16F6N2O3S/c1-11-12(2)27-31-18(11)28-32(29,30)16-6-4-3-5-15(16)13-7-9-14(10-8-13)17(21)19(22,23)20(24,25)26/h3-10,17,28H,1-2H3. The van der Waals surface area contributed by atoms with Crippen molar-refractivity contribution in [2.45, 2.75) is 37.0 Å². The number of hydrogen-bond donors (Lipinski definition) is 1. The molecule has 1 aromatic heterocycles. The number of aryl methyl sites for hydroxylation is 1. The fourth-order valence-corrected chi connectivity index (χ4v) is 4.09. The number of rotatable bonds is 6. The summed E-state index contributed by atoms with van der Waals surface area (Å²) in [5, 5.41) is 3.66. The van der Waals surface area contributed by atoms with Gasteiger partial charge in [-0.15, -0.1) is 0 Å². The molecule has 172 valence electrons. The van der Waals surface area contributed by atoms with Crippen LogP contribution in [0, 0.1) is 13.8 Å². The van der Waals surface area contributed by atoms with Crippen molar-refractivity contribution in [1.82, 2.24) is 5.16 Å². The van der Waals surface area contributed by atoms with Gasteiger partial charge in [0.1, 0.15) is 0 Å². The average Bonchev–Trinajstić information content (AvgIpc) is 3.04. The first-order valence-electron chi connectivity index (χ1n) is 8.99. The molecule has 1 heterocycles. The summed E-state index contributed by atoms with van der Waals surface area (Å²) in [4.78, 5) is -0.223. The van der Waals surface area contributed by atoms with E-state index in [-0.39, 0.29) is 21.9 Å². The summed E-state index contributed by atoms with van der Waals surface area (Å²) in [6.07, 6.45) is -9.68. The Morgan fingerprint density at radius 1 is 0.969 bits per heavy atom. The Kier molecular flexibility index (Phi) is 6.02. The van der Waals surface area contributed by atoms with Crippen LogP contribution < -0.4 is 4.72 Å². The Morgan fingerprint density at radius 2 is 1.56 bits per heavy atom. The van der Waals surface area contributed by atoms with Gasteiger partial charge in [-0.05, 0) is 31.0 Å². The molecule has 2 aromatic carbocycles. The molecule has 1 unspecified atom stereocenters. The van der Waals surface area contributed by atoms with E-state index in [1.165, 1.54) is 24.3 Å². The Bertz CT molecular complexity index is 1220. The van der Waals surface area contributed by atoms with Crippen molar-refractivity contribution in [1.29, 1.82) is 0 Å². The Hall–Kier alpha value is -3.02. The quantitative estimate of drug-likeness (QED) is 0.444. The lowest BCUT2D eigenvalue weighted by atomic mass is 9.99. The van der Waals surface area contributed by atoms with Crippen molar-refractivity contribution in [3.63, 3.8) is 0 Å². The van der Waals surface area contributed by atoms with Gasteiger partial charge in [0, 0.05) is 11.1 Å². The van der Waals surface area contributed by atoms with Crippen LogP contribution in [0.25, 0.3) is 11.1 Å². The molecule has 0 saturated carbocycles. The summed E-state index contributed by atoms with van der Waals surface area (Å²) in [5.74, 6) is -5.67. The lowest BCUT2D eigenvalue weighted by Crippen LogP contribution is -2.40. The molecule has 5 nitrogen and oxygen atoms in total. The minimum atomic E-state index is -6.06. The van der Waals surface area contributed by atoms with Gasteiger partial charge in [-0.1, -0.05) is 47.6 Å². The summed E-state index contributed by atoms with van der Waals surface area (Å²) in [7, 11) is -4.20. The van der Waals surface area contributed by atoms with Crippen molar-refractivity contribution in [3.8, 4) is 11.1 Å². The third kappa shape index (κ3) is 4.31. The molecular weight excluding hydrogens is 462 g/mol. The first-order valence-corrected chi connectivity index (χ1v) is 10.5. The molecule has 0 aliphatic heterocycles. The van der Waals surface area contributed by atoms with E-state index in [0.717, 1.165) is 24.3 Å². The summed E-state index contributed by atoms with van der Waals surface area (Å²) in [6.45, 7) is 3.21. The van der Waals surface area contributed by atoms with E-state index in [4.69, 9.17) is 4.52 Å². The number of benzene rings is 2. The summed E-state index contributed by atoms with van der Waals surface area (Å²) in [5.41, 5.74) is 0.307. The maximum absolute atomic E-state index is 13.9. The number of anilines is 1. The van der Waals surface area contributed by atoms with Crippen molar-refractivity contribution >= 4 is 15.9 Å². The molecule has 3 rings (SSSR count). The van der Waals surface area contributed by atoms with Crippen molar-refractivity contribution < 1.29 is 39.3 Å². The van der Waals surface area contributed by atoms with Crippen molar-refractivity contribution in [2.24, 2.45) is 0 Å². The molecular formula is C20H16F6N2O3S. The molecule has 0 aliphatic rings. The summed E-state index contributed by atoms with van der Waals surface area (Å²) >= 11 is 0.